The summed E-state index contributed by atoms with van der Waals surface area (Å²) in [7, 11) is 1.70. The van der Waals surface area contributed by atoms with E-state index in [-0.39, 0.29) is 11.9 Å². The van der Waals surface area contributed by atoms with E-state index in [4.69, 9.17) is 4.74 Å². The third-order valence-corrected chi connectivity index (χ3v) is 6.48. The second kappa shape index (κ2) is 7.99. The van der Waals surface area contributed by atoms with E-state index in [2.05, 4.69) is 16.3 Å². The summed E-state index contributed by atoms with van der Waals surface area (Å²) in [6, 6.07) is 7.86. The summed E-state index contributed by atoms with van der Waals surface area (Å²) in [4.78, 5) is 30.7. The Bertz CT molecular complexity index is 722. The van der Waals surface area contributed by atoms with E-state index in [1.165, 1.54) is 9.80 Å². The molecule has 2 aliphatic heterocycles. The number of piperazine rings is 1. The van der Waals surface area contributed by atoms with Crippen LogP contribution in [0.1, 0.15) is 38.5 Å². The first-order valence-electron chi connectivity index (χ1n) is 10.5. The number of quaternary nitrogens is 1. The number of nitrogens with one attached hydrogen (secondary N) is 2. The number of amides is 3. The first-order chi connectivity index (χ1) is 13.6. The van der Waals surface area contributed by atoms with Crippen molar-refractivity contribution in [2.24, 2.45) is 0 Å². The molecule has 28 heavy (non-hydrogen) atoms. The average molecular weight is 388 g/mol. The van der Waals surface area contributed by atoms with Crippen LogP contribution in [0.5, 0.6) is 5.75 Å². The molecule has 3 fully saturated rings. The van der Waals surface area contributed by atoms with Crippen molar-refractivity contribution in [2.45, 2.75) is 44.1 Å². The highest BCUT2D eigenvalue weighted by atomic mass is 16.5. The number of imide groups is 1. The van der Waals surface area contributed by atoms with Crippen molar-refractivity contribution in [1.82, 2.24) is 10.2 Å². The van der Waals surface area contributed by atoms with Gasteiger partial charge in [-0.1, -0.05) is 37.8 Å². The van der Waals surface area contributed by atoms with Crippen molar-refractivity contribution >= 4 is 17.6 Å². The Labute approximate surface area is 166 Å². The normalized spacial score (nSPS) is 23.0. The summed E-state index contributed by atoms with van der Waals surface area (Å²) >= 11 is 0. The predicted molar refractivity (Wildman–Crippen MR) is 107 cm³/mol. The van der Waals surface area contributed by atoms with E-state index in [9.17, 15) is 9.59 Å². The fourth-order valence-electron chi connectivity index (χ4n) is 4.83. The lowest BCUT2D eigenvalue weighted by Gasteiger charge is -2.35. The van der Waals surface area contributed by atoms with Gasteiger partial charge in [-0.25, -0.2) is 9.69 Å². The van der Waals surface area contributed by atoms with Crippen molar-refractivity contribution in [1.29, 1.82) is 0 Å². The number of hydrogen-bond acceptors (Lipinski definition) is 4. The first kappa shape index (κ1) is 19.1. The van der Waals surface area contributed by atoms with E-state index in [1.807, 2.05) is 18.2 Å². The number of anilines is 1. The van der Waals surface area contributed by atoms with Crippen LogP contribution in [0.15, 0.2) is 24.3 Å². The summed E-state index contributed by atoms with van der Waals surface area (Å²) in [5, 5.41) is 3.05. The van der Waals surface area contributed by atoms with Crippen LogP contribution in [-0.2, 0) is 4.79 Å². The highest BCUT2D eigenvalue weighted by molar-refractivity contribution is 6.06. The van der Waals surface area contributed by atoms with E-state index in [0.717, 1.165) is 76.1 Å². The molecule has 1 aromatic carbocycles. The molecule has 2 saturated heterocycles. The first-order valence-corrected chi connectivity index (χ1v) is 10.5. The fraction of sp³-hybridized carbons (Fsp3) is 0.619. The Morgan fingerprint density at radius 3 is 2.43 bits per heavy atom. The molecule has 2 N–H and O–H groups in total. The van der Waals surface area contributed by atoms with Gasteiger partial charge in [0.25, 0.3) is 5.91 Å². The van der Waals surface area contributed by atoms with Gasteiger partial charge in [-0.05, 0) is 25.0 Å². The number of rotatable bonds is 4. The van der Waals surface area contributed by atoms with E-state index in [0.29, 0.717) is 6.67 Å². The number of hydrogen-bond donors (Lipinski definition) is 2. The van der Waals surface area contributed by atoms with Crippen LogP contribution in [0.25, 0.3) is 0 Å². The lowest BCUT2D eigenvalue weighted by molar-refractivity contribution is -0.907. The number of carbonyl (C=O) groups excluding carboxylic acids is 2. The maximum absolute atomic E-state index is 13.1. The van der Waals surface area contributed by atoms with Crippen LogP contribution in [0.3, 0.4) is 0 Å². The molecule has 1 aromatic rings. The number of para-hydroxylation sites is 2. The summed E-state index contributed by atoms with van der Waals surface area (Å²) in [6.07, 6.45) is 5.91. The third-order valence-electron chi connectivity index (χ3n) is 6.48. The minimum Gasteiger partial charge on any atom is -0.495 e. The molecule has 1 saturated carbocycles. The smallest absolute Gasteiger partial charge is 0.329 e. The molecule has 0 atom stereocenters. The van der Waals surface area contributed by atoms with Gasteiger partial charge in [0.05, 0.1) is 39.0 Å². The Morgan fingerprint density at radius 2 is 1.75 bits per heavy atom. The quantitative estimate of drug-likeness (QED) is 0.757. The molecule has 0 aromatic heterocycles. The molecule has 4 rings (SSSR count). The maximum Gasteiger partial charge on any atom is 0.329 e. The van der Waals surface area contributed by atoms with Crippen molar-refractivity contribution in [3.8, 4) is 5.75 Å². The van der Waals surface area contributed by atoms with Crippen molar-refractivity contribution in [3.05, 3.63) is 24.3 Å². The highest BCUT2D eigenvalue weighted by Crippen LogP contribution is 2.32. The van der Waals surface area contributed by atoms with Crippen LogP contribution in [0.4, 0.5) is 10.5 Å². The van der Waals surface area contributed by atoms with Crippen LogP contribution < -0.4 is 19.9 Å². The minimum atomic E-state index is -0.633. The van der Waals surface area contributed by atoms with Crippen molar-refractivity contribution in [3.63, 3.8) is 0 Å². The zero-order chi connectivity index (χ0) is 19.6. The van der Waals surface area contributed by atoms with Crippen molar-refractivity contribution < 1.29 is 19.2 Å². The zero-order valence-corrected chi connectivity index (χ0v) is 16.7. The van der Waals surface area contributed by atoms with Gasteiger partial charge in [0.1, 0.15) is 11.3 Å². The molecular weight excluding hydrogens is 356 g/mol. The molecule has 7 nitrogen and oxygen atoms in total. The monoisotopic (exact) mass is 387 g/mol. The molecule has 2 heterocycles. The zero-order valence-electron chi connectivity index (χ0n) is 16.7. The molecule has 3 aliphatic rings. The van der Waals surface area contributed by atoms with Gasteiger partial charge in [-0.2, -0.15) is 0 Å². The molecule has 0 radical (unpaired) electrons. The highest BCUT2D eigenvalue weighted by Gasteiger charge is 2.51. The Hall–Kier alpha value is -2.28. The van der Waals surface area contributed by atoms with Gasteiger partial charge in [0.2, 0.25) is 0 Å². The SMILES string of the molecule is COc1ccccc1N1CC[NH+](CN2C(=O)NC3(CCCCCC3)C2=O)CC1. The summed E-state index contributed by atoms with van der Waals surface area (Å²) in [5.74, 6) is 0.884. The number of methoxy groups -OCH3 is 1. The number of carbonyl (C=O) groups is 2. The molecule has 3 amide bonds. The number of urea groups is 1. The molecule has 0 unspecified atom stereocenters. The van der Waals surface area contributed by atoms with Crippen molar-refractivity contribution in [2.75, 3.05) is 44.9 Å². The number of nitrogens with zero attached hydrogens (tertiary/aromatic N) is 2. The second-order valence-corrected chi connectivity index (χ2v) is 8.23. The molecule has 7 heteroatoms. The Balaban J connectivity index is 1.37. The van der Waals surface area contributed by atoms with Crippen LogP contribution in [-0.4, -0.2) is 62.3 Å². The van der Waals surface area contributed by atoms with Gasteiger partial charge in [0.15, 0.2) is 6.67 Å². The average Bonchev–Trinajstić information content (AvgIpc) is 2.88. The summed E-state index contributed by atoms with van der Waals surface area (Å²) in [6.45, 7) is 4.01. The molecule has 152 valence electrons. The Kier molecular flexibility index (Phi) is 5.44. The number of ether oxygens (including phenoxy) is 1. The third kappa shape index (κ3) is 3.55. The van der Waals surface area contributed by atoms with Gasteiger partial charge >= 0.3 is 6.03 Å². The van der Waals surface area contributed by atoms with E-state index in [1.54, 1.807) is 7.11 Å². The van der Waals surface area contributed by atoms with Gasteiger partial charge in [-0.15, -0.1) is 0 Å². The number of benzene rings is 1. The molecule has 1 aliphatic carbocycles. The lowest BCUT2D eigenvalue weighted by Crippen LogP contribution is -3.16. The van der Waals surface area contributed by atoms with E-state index >= 15 is 0 Å². The summed E-state index contributed by atoms with van der Waals surface area (Å²) in [5.41, 5.74) is 0.475. The van der Waals surface area contributed by atoms with Crippen LogP contribution >= 0.6 is 0 Å². The second-order valence-electron chi connectivity index (χ2n) is 8.23. The molecule has 0 bridgehead atoms. The largest absolute Gasteiger partial charge is 0.495 e. The van der Waals surface area contributed by atoms with Crippen LogP contribution in [0.2, 0.25) is 0 Å². The predicted octanol–water partition coefficient (Wildman–Crippen LogP) is 1.00. The van der Waals surface area contributed by atoms with Gasteiger partial charge < -0.3 is 19.9 Å². The Morgan fingerprint density at radius 1 is 1.07 bits per heavy atom. The standard InChI is InChI=1S/C21H30N4O3/c1-28-18-9-5-4-8-17(18)24-14-12-23(13-15-24)16-25-19(26)21(22-20(25)27)10-6-2-3-7-11-21/h4-5,8-9H,2-3,6-7,10-16H2,1H3,(H,22,27)/p+1. The van der Waals surface area contributed by atoms with Crippen LogP contribution in [0, 0.1) is 0 Å². The van der Waals surface area contributed by atoms with E-state index < -0.39 is 5.54 Å². The fourth-order valence-corrected chi connectivity index (χ4v) is 4.83. The minimum absolute atomic E-state index is 0.000872. The lowest BCUT2D eigenvalue weighted by atomic mass is 9.90. The maximum atomic E-state index is 13.1. The topological polar surface area (TPSA) is 66.3 Å². The summed E-state index contributed by atoms with van der Waals surface area (Å²) < 4.78 is 5.48. The van der Waals surface area contributed by atoms with Gasteiger partial charge in [0, 0.05) is 0 Å². The molecular formula is C21H31N4O3+. The van der Waals surface area contributed by atoms with Gasteiger partial charge in [-0.3, -0.25) is 4.79 Å². The molecule has 1 spiro atoms.